The lowest BCUT2D eigenvalue weighted by molar-refractivity contribution is 0.102. The van der Waals surface area contributed by atoms with Crippen molar-refractivity contribution in [3.05, 3.63) is 47.5 Å². The molecule has 30 heavy (non-hydrogen) atoms. The van der Waals surface area contributed by atoms with Gasteiger partial charge in [0.1, 0.15) is 31.4 Å². The van der Waals surface area contributed by atoms with E-state index in [1.807, 2.05) is 29.8 Å². The van der Waals surface area contributed by atoms with Gasteiger partial charge in [-0.1, -0.05) is 34.7 Å². The zero-order valence-electron chi connectivity index (χ0n) is 15.8. The lowest BCUT2D eigenvalue weighted by Gasteiger charge is -2.18. The first-order valence-electron chi connectivity index (χ1n) is 8.74. The second-order valence-corrected chi connectivity index (χ2v) is 7.03. The Morgan fingerprint density at radius 3 is 2.50 bits per heavy atom. The highest BCUT2D eigenvalue weighted by Gasteiger charge is 2.19. The molecule has 11 heteroatoms. The first-order chi connectivity index (χ1) is 14.3. The monoisotopic (exact) mass is 403 g/mol. The van der Waals surface area contributed by atoms with Gasteiger partial charge in [-0.25, -0.2) is 15.0 Å². The summed E-state index contributed by atoms with van der Waals surface area (Å²) in [4.78, 5) is 25.5. The molecule has 0 aliphatic rings. The maximum absolute atomic E-state index is 12.8. The van der Waals surface area contributed by atoms with Crippen LogP contribution in [0.15, 0.2) is 36.9 Å². The number of halogens is 1. The summed E-state index contributed by atoms with van der Waals surface area (Å²) in [5, 5.41) is 3.29. The Morgan fingerprint density at radius 1 is 1.07 bits per heavy atom. The van der Waals surface area contributed by atoms with Crippen LogP contribution in [0.2, 0.25) is 5.02 Å². The number of amides is 1. The number of hydrogen-bond donors (Lipinski definition) is 1. The topological polar surface area (TPSA) is 72.7 Å². The first-order valence-corrected chi connectivity index (χ1v) is 9.12. The molecule has 0 atom stereocenters. The average molecular weight is 403 g/mol. The summed E-state index contributed by atoms with van der Waals surface area (Å²) in [5.41, 5.74) is 2.32. The van der Waals surface area contributed by atoms with Crippen LogP contribution in [0.3, 0.4) is 0 Å². The summed E-state index contributed by atoms with van der Waals surface area (Å²) in [6, 6.07) is 5.71. The number of nitrogens with zero attached hydrogens (tertiary/aromatic N) is 4. The van der Waals surface area contributed by atoms with Crippen LogP contribution >= 0.6 is 11.6 Å². The van der Waals surface area contributed by atoms with Crippen LogP contribution in [0.5, 0.6) is 0 Å². The van der Waals surface area contributed by atoms with Crippen LogP contribution in [0, 0.1) is 0 Å². The fourth-order valence-electron chi connectivity index (χ4n) is 3.06. The zero-order chi connectivity index (χ0) is 21.6. The van der Waals surface area contributed by atoms with Crippen molar-refractivity contribution in [2.24, 2.45) is 7.05 Å². The Balaban J connectivity index is 1.71. The molecule has 0 aliphatic heterocycles. The molecule has 4 aromatic rings. The van der Waals surface area contributed by atoms with Gasteiger partial charge in [0.05, 0.1) is 29.3 Å². The van der Waals surface area contributed by atoms with E-state index in [2.05, 4.69) is 20.3 Å². The van der Waals surface area contributed by atoms with E-state index < -0.39 is 5.91 Å². The largest absolute Gasteiger partial charge is 0.334 e. The standard InChI is InChI=1S/C19H10B4ClN5O/c1-29-7-25-6-11(29)8-2-3-9-5-26-19(27-10(9)4-8)28-18(30)12-13(20)14(21)15(22)16(23)17(12)24/h2-7H,1H3,(H,26,27,28,30). The second kappa shape index (κ2) is 7.69. The van der Waals surface area contributed by atoms with Crippen LogP contribution in [-0.4, -0.2) is 56.8 Å². The minimum Gasteiger partial charge on any atom is -0.334 e. The van der Waals surface area contributed by atoms with E-state index in [0.29, 0.717) is 5.52 Å². The van der Waals surface area contributed by atoms with Crippen LogP contribution in [-0.2, 0) is 7.05 Å². The van der Waals surface area contributed by atoms with Gasteiger partial charge in [-0.2, -0.15) is 0 Å². The van der Waals surface area contributed by atoms with Gasteiger partial charge in [0.15, 0.2) is 0 Å². The molecule has 0 bridgehead atoms. The predicted molar refractivity (Wildman–Crippen MR) is 123 cm³/mol. The summed E-state index contributed by atoms with van der Waals surface area (Å²) in [5.74, 6) is -0.586. The molecule has 0 saturated heterocycles. The highest BCUT2D eigenvalue weighted by molar-refractivity contribution is 6.66. The third-order valence-corrected chi connectivity index (χ3v) is 5.14. The molecular weight excluding hydrogens is 393 g/mol. The number of hydrogen-bond acceptors (Lipinski definition) is 4. The average Bonchev–Trinajstić information content (AvgIpc) is 3.16. The Hall–Kier alpha value is -2.99. The van der Waals surface area contributed by atoms with Gasteiger partial charge in [-0.15, -0.1) is 10.9 Å². The molecule has 1 amide bonds. The Labute approximate surface area is 183 Å². The molecule has 1 N–H and O–H groups in total. The number of nitrogens with one attached hydrogen (secondary N) is 1. The van der Waals surface area contributed by atoms with Gasteiger partial charge in [0.25, 0.3) is 5.91 Å². The Bertz CT molecular complexity index is 1300. The maximum Gasteiger partial charge on any atom is 0.258 e. The lowest BCUT2D eigenvalue weighted by Crippen LogP contribution is -2.50. The number of carbonyl (C=O) groups excluding carboxylic acids is 1. The van der Waals surface area contributed by atoms with E-state index in [1.165, 1.54) is 0 Å². The van der Waals surface area contributed by atoms with E-state index in [4.69, 9.17) is 43.0 Å². The van der Waals surface area contributed by atoms with Crippen molar-refractivity contribution >= 4 is 87.6 Å². The number of carbonyl (C=O) groups is 1. The fourth-order valence-corrected chi connectivity index (χ4v) is 3.35. The molecular formula is C19H10B4ClN5O. The van der Waals surface area contributed by atoms with Crippen LogP contribution in [0.25, 0.3) is 22.2 Å². The summed E-state index contributed by atoms with van der Waals surface area (Å²) in [6.07, 6.45) is 5.07. The molecule has 2 aromatic carbocycles. The number of fused-ring (bicyclic) bond motifs is 1. The first kappa shape index (κ1) is 20.3. The number of aryl methyl sites for hydroxylation is 1. The van der Waals surface area contributed by atoms with E-state index in [0.717, 1.165) is 16.6 Å². The highest BCUT2D eigenvalue weighted by Crippen LogP contribution is 2.23. The van der Waals surface area contributed by atoms with Gasteiger partial charge in [-0.05, 0) is 6.07 Å². The lowest BCUT2D eigenvalue weighted by atomic mass is 9.65. The van der Waals surface area contributed by atoms with E-state index in [-0.39, 0.29) is 38.4 Å². The van der Waals surface area contributed by atoms with Crippen molar-refractivity contribution in [2.45, 2.75) is 0 Å². The number of benzene rings is 2. The number of aromatic nitrogens is 4. The Kier molecular flexibility index (Phi) is 5.20. The third-order valence-electron chi connectivity index (χ3n) is 4.74. The molecule has 0 aliphatic carbocycles. The smallest absolute Gasteiger partial charge is 0.258 e. The number of rotatable bonds is 3. The summed E-state index contributed by atoms with van der Waals surface area (Å²) >= 11 is 6.17. The van der Waals surface area contributed by atoms with Crippen molar-refractivity contribution in [3.63, 3.8) is 0 Å². The van der Waals surface area contributed by atoms with Gasteiger partial charge in [0.2, 0.25) is 5.95 Å². The molecule has 8 radical (unpaired) electrons. The third kappa shape index (κ3) is 3.41. The number of anilines is 1. The molecule has 4 rings (SSSR count). The molecule has 0 saturated carbocycles. The van der Waals surface area contributed by atoms with Crippen molar-refractivity contribution in [1.82, 2.24) is 19.5 Å². The van der Waals surface area contributed by atoms with Crippen molar-refractivity contribution < 1.29 is 4.79 Å². The molecule has 136 valence electrons. The Morgan fingerprint density at radius 2 is 1.80 bits per heavy atom. The van der Waals surface area contributed by atoms with Crippen LogP contribution in [0.1, 0.15) is 10.4 Å². The summed E-state index contributed by atoms with van der Waals surface area (Å²) < 4.78 is 1.89. The van der Waals surface area contributed by atoms with Gasteiger partial charge < -0.3 is 4.57 Å². The maximum atomic E-state index is 12.8. The molecule has 6 nitrogen and oxygen atoms in total. The molecule has 2 aromatic heterocycles. The molecule has 0 fully saturated rings. The normalized spacial score (nSPS) is 11.0. The quantitative estimate of drug-likeness (QED) is 0.451. The SMILES string of the molecule is [B]c1c([B])c([B])c(C(=O)Nc2ncc3ccc(-c4cncn4C)cc3n2)c(Cl)c1[B]. The van der Waals surface area contributed by atoms with E-state index >= 15 is 0 Å². The minimum atomic E-state index is -0.655. The van der Waals surface area contributed by atoms with Gasteiger partial charge >= 0.3 is 0 Å². The molecule has 0 spiro atoms. The predicted octanol–water partition coefficient (Wildman–Crippen LogP) is -0.889. The van der Waals surface area contributed by atoms with Crippen LogP contribution < -0.4 is 27.2 Å². The second-order valence-electron chi connectivity index (χ2n) is 6.65. The van der Waals surface area contributed by atoms with Crippen molar-refractivity contribution in [3.8, 4) is 11.3 Å². The number of imidazole rings is 1. The van der Waals surface area contributed by atoms with Crippen molar-refractivity contribution in [2.75, 3.05) is 5.32 Å². The van der Waals surface area contributed by atoms with Crippen LogP contribution in [0.4, 0.5) is 5.95 Å². The summed E-state index contributed by atoms with van der Waals surface area (Å²) in [6.45, 7) is 0. The van der Waals surface area contributed by atoms with Crippen molar-refractivity contribution in [1.29, 1.82) is 0 Å². The summed E-state index contributed by atoms with van der Waals surface area (Å²) in [7, 11) is 25.2. The van der Waals surface area contributed by atoms with E-state index in [1.54, 1.807) is 18.7 Å². The highest BCUT2D eigenvalue weighted by atomic mass is 35.5. The van der Waals surface area contributed by atoms with E-state index in [9.17, 15) is 4.79 Å². The van der Waals surface area contributed by atoms with Gasteiger partial charge in [-0.3, -0.25) is 10.1 Å². The zero-order valence-corrected chi connectivity index (χ0v) is 16.6. The van der Waals surface area contributed by atoms with Gasteiger partial charge in [0, 0.05) is 29.2 Å². The fraction of sp³-hybridized carbons (Fsp3) is 0.0526. The minimum absolute atomic E-state index is 0.0118. The molecule has 2 heterocycles. The molecule has 0 unspecified atom stereocenters.